The van der Waals surface area contributed by atoms with Gasteiger partial charge in [-0.1, -0.05) is 24.3 Å². The largest absolute Gasteiger partial charge is 0.356 e. The van der Waals surface area contributed by atoms with E-state index in [1.807, 2.05) is 22.9 Å². The lowest BCUT2D eigenvalue weighted by Crippen LogP contribution is -2.18. The lowest BCUT2D eigenvalue weighted by atomic mass is 10.1. The normalized spacial score (nSPS) is 16.4. The van der Waals surface area contributed by atoms with E-state index >= 15 is 0 Å². The van der Waals surface area contributed by atoms with Gasteiger partial charge in [0.2, 0.25) is 11.2 Å². The van der Waals surface area contributed by atoms with Crippen LogP contribution >= 0.6 is 11.6 Å². The van der Waals surface area contributed by atoms with Crippen LogP contribution in [-0.2, 0) is 11.3 Å². The quantitative estimate of drug-likeness (QED) is 0.448. The van der Waals surface area contributed by atoms with Crippen LogP contribution in [0.2, 0.25) is 5.28 Å². The topological polar surface area (TPSA) is 77.8 Å². The van der Waals surface area contributed by atoms with Crippen molar-refractivity contribution in [2.45, 2.75) is 32.0 Å². The van der Waals surface area contributed by atoms with Gasteiger partial charge in [0.1, 0.15) is 0 Å². The van der Waals surface area contributed by atoms with Crippen LogP contribution in [0.1, 0.15) is 31.1 Å². The molecule has 1 aliphatic rings. The van der Waals surface area contributed by atoms with Gasteiger partial charge in [0.05, 0.1) is 11.7 Å². The average molecular weight is 457 g/mol. The number of ether oxygens (including phenoxy) is 1. The van der Waals surface area contributed by atoms with Crippen LogP contribution in [0.4, 0.5) is 14.7 Å². The molecule has 4 aromatic rings. The first-order valence-corrected chi connectivity index (χ1v) is 10.6. The number of hydrogen-bond acceptors (Lipinski definition) is 6. The molecule has 7 nitrogen and oxygen atoms in total. The minimum Gasteiger partial charge on any atom is -0.356 e. The molecule has 0 amide bonds. The number of fused-ring (bicyclic) bond motifs is 1. The van der Waals surface area contributed by atoms with Crippen molar-refractivity contribution in [3.05, 3.63) is 65.1 Å². The Labute approximate surface area is 187 Å². The maximum atomic E-state index is 13.9. The van der Waals surface area contributed by atoms with Crippen LogP contribution in [-0.4, -0.2) is 31.3 Å². The average Bonchev–Trinajstić information content (AvgIpc) is 3.23. The van der Waals surface area contributed by atoms with Gasteiger partial charge < -0.3 is 10.1 Å². The zero-order valence-corrected chi connectivity index (χ0v) is 17.7. The highest BCUT2D eigenvalue weighted by Gasteiger charge is 2.19. The van der Waals surface area contributed by atoms with Gasteiger partial charge in [-0.05, 0) is 43.0 Å². The van der Waals surface area contributed by atoms with Gasteiger partial charge in [-0.15, -0.1) is 0 Å². The maximum absolute atomic E-state index is 13.9. The fraction of sp³-hybridized carbons (Fsp3) is 0.273. The van der Waals surface area contributed by atoms with Crippen molar-refractivity contribution in [3.63, 3.8) is 0 Å². The number of nitrogens with zero attached hydrogens (tertiary/aromatic N) is 5. The zero-order valence-electron chi connectivity index (χ0n) is 16.9. The lowest BCUT2D eigenvalue weighted by molar-refractivity contribution is -0.0366. The smallest absolute Gasteiger partial charge is 0.227 e. The molecule has 164 valence electrons. The van der Waals surface area contributed by atoms with Crippen molar-refractivity contribution in [2.24, 2.45) is 0 Å². The maximum Gasteiger partial charge on any atom is 0.227 e. The molecule has 1 atom stereocenters. The molecule has 0 bridgehead atoms. The Morgan fingerprint density at radius 2 is 2.03 bits per heavy atom. The summed E-state index contributed by atoms with van der Waals surface area (Å²) in [6.45, 7) is 0.712. The number of hydrogen-bond donors (Lipinski definition) is 1. The molecule has 1 saturated heterocycles. The predicted octanol–water partition coefficient (Wildman–Crippen LogP) is 5.13. The van der Waals surface area contributed by atoms with E-state index in [0.717, 1.165) is 48.4 Å². The second-order valence-electron chi connectivity index (χ2n) is 7.50. The van der Waals surface area contributed by atoms with E-state index in [-0.39, 0.29) is 29.6 Å². The van der Waals surface area contributed by atoms with Crippen LogP contribution in [0.3, 0.4) is 0 Å². The third-order valence-corrected chi connectivity index (χ3v) is 5.53. The van der Waals surface area contributed by atoms with Gasteiger partial charge in [0.25, 0.3) is 0 Å². The fourth-order valence-electron chi connectivity index (χ4n) is 3.74. The van der Waals surface area contributed by atoms with Gasteiger partial charge in [-0.25, -0.2) is 13.5 Å². The first-order valence-electron chi connectivity index (χ1n) is 10.3. The molecule has 3 heterocycles. The van der Waals surface area contributed by atoms with Crippen LogP contribution in [0.15, 0.2) is 42.6 Å². The Morgan fingerprint density at radius 1 is 1.12 bits per heavy atom. The first-order chi connectivity index (χ1) is 15.6. The predicted molar refractivity (Wildman–Crippen MR) is 116 cm³/mol. The van der Waals surface area contributed by atoms with E-state index in [4.69, 9.17) is 16.3 Å². The lowest BCUT2D eigenvalue weighted by Gasteiger charge is -2.23. The molecule has 0 saturated carbocycles. The van der Waals surface area contributed by atoms with Crippen molar-refractivity contribution < 1.29 is 13.5 Å². The van der Waals surface area contributed by atoms with Crippen LogP contribution in [0.5, 0.6) is 0 Å². The summed E-state index contributed by atoms with van der Waals surface area (Å²) in [6, 6.07) is 9.73. The number of anilines is 1. The third-order valence-electron chi connectivity index (χ3n) is 5.36. The number of aromatic nitrogens is 5. The van der Waals surface area contributed by atoms with E-state index in [9.17, 15) is 8.78 Å². The summed E-state index contributed by atoms with van der Waals surface area (Å²) in [5.74, 6) is -1.31. The van der Waals surface area contributed by atoms with E-state index in [1.54, 1.807) is 6.20 Å². The van der Waals surface area contributed by atoms with Crippen LogP contribution in [0.25, 0.3) is 22.3 Å². The van der Waals surface area contributed by atoms with Crippen molar-refractivity contribution >= 4 is 28.5 Å². The molecular weight excluding hydrogens is 438 g/mol. The molecule has 0 radical (unpaired) electrons. The van der Waals surface area contributed by atoms with Crippen molar-refractivity contribution in [3.8, 4) is 11.4 Å². The Bertz CT molecular complexity index is 1270. The molecule has 1 N–H and O–H groups in total. The van der Waals surface area contributed by atoms with Gasteiger partial charge in [0, 0.05) is 29.7 Å². The molecule has 5 rings (SSSR count). The Morgan fingerprint density at radius 3 is 2.88 bits per heavy atom. The fourth-order valence-corrected chi connectivity index (χ4v) is 3.90. The molecule has 1 unspecified atom stereocenters. The Balaban J connectivity index is 1.44. The van der Waals surface area contributed by atoms with E-state index < -0.39 is 11.6 Å². The number of nitrogens with one attached hydrogen (secondary N) is 1. The van der Waals surface area contributed by atoms with Crippen LogP contribution < -0.4 is 5.32 Å². The summed E-state index contributed by atoms with van der Waals surface area (Å²) in [6.07, 6.45) is 4.76. The monoisotopic (exact) mass is 456 g/mol. The summed E-state index contributed by atoms with van der Waals surface area (Å²) >= 11 is 6.11. The van der Waals surface area contributed by atoms with Crippen molar-refractivity contribution in [1.29, 1.82) is 0 Å². The summed E-state index contributed by atoms with van der Waals surface area (Å²) in [7, 11) is 0. The minimum atomic E-state index is -0.913. The molecule has 32 heavy (non-hydrogen) atoms. The molecule has 0 aliphatic carbocycles. The highest BCUT2D eigenvalue weighted by Crippen LogP contribution is 2.29. The second kappa shape index (κ2) is 8.76. The molecule has 2 aromatic carbocycles. The highest BCUT2D eigenvalue weighted by atomic mass is 35.5. The standard InChI is InChI=1S/C22H19ClF2N6O/c23-21-28-20(29-22(30-21)26-11-15-4-3-5-16(24)19(15)25)13-7-8-14-12-27-31(17(14)10-13)18-6-1-2-9-32-18/h3-5,7-8,10,12,18H,1-2,6,9,11H2,(H,26,28,29,30). The van der Waals surface area contributed by atoms with Crippen molar-refractivity contribution in [2.75, 3.05) is 11.9 Å². The second-order valence-corrected chi connectivity index (χ2v) is 7.84. The van der Waals surface area contributed by atoms with E-state index in [1.165, 1.54) is 12.1 Å². The molecular formula is C22H19ClF2N6O. The summed E-state index contributed by atoms with van der Waals surface area (Å²) in [5, 5.41) is 8.35. The van der Waals surface area contributed by atoms with Gasteiger partial charge in [-0.2, -0.15) is 20.1 Å². The third kappa shape index (κ3) is 4.13. The Hall–Kier alpha value is -3.17. The van der Waals surface area contributed by atoms with Gasteiger partial charge in [0.15, 0.2) is 23.7 Å². The number of rotatable bonds is 5. The van der Waals surface area contributed by atoms with E-state index in [2.05, 4.69) is 25.4 Å². The van der Waals surface area contributed by atoms with Crippen molar-refractivity contribution in [1.82, 2.24) is 24.7 Å². The van der Waals surface area contributed by atoms with Gasteiger partial charge >= 0.3 is 0 Å². The zero-order chi connectivity index (χ0) is 22.1. The van der Waals surface area contributed by atoms with E-state index in [0.29, 0.717) is 5.82 Å². The minimum absolute atomic E-state index is 0.00575. The molecule has 1 fully saturated rings. The number of benzene rings is 2. The Kier molecular flexibility index (Phi) is 5.67. The molecule has 0 spiro atoms. The SMILES string of the molecule is Fc1cccc(CNc2nc(Cl)nc(-c3ccc4cnn(C5CCCCO5)c4c3)n2)c1F. The van der Waals surface area contributed by atoms with Crippen LogP contribution in [0, 0.1) is 11.6 Å². The van der Waals surface area contributed by atoms with Gasteiger partial charge in [-0.3, -0.25) is 0 Å². The summed E-state index contributed by atoms with van der Waals surface area (Å²) in [4.78, 5) is 12.7. The molecule has 1 aliphatic heterocycles. The summed E-state index contributed by atoms with van der Waals surface area (Å²) in [5.41, 5.74) is 1.78. The highest BCUT2D eigenvalue weighted by molar-refractivity contribution is 6.28. The molecule has 10 heteroatoms. The summed E-state index contributed by atoms with van der Waals surface area (Å²) < 4.78 is 35.1. The molecule has 2 aromatic heterocycles. The first kappa shape index (κ1) is 20.7. The number of halogens is 3.